The number of nitrogens with one attached hydrogen (secondary N) is 3. The van der Waals surface area contributed by atoms with Crippen molar-refractivity contribution in [2.75, 3.05) is 5.75 Å². The maximum Gasteiger partial charge on any atom is 0.328 e. The van der Waals surface area contributed by atoms with Crippen molar-refractivity contribution in [1.82, 2.24) is 15.6 Å². The topological polar surface area (TPSA) is 158 Å². The van der Waals surface area contributed by atoms with Gasteiger partial charge in [-0.15, -0.1) is 0 Å². The van der Waals surface area contributed by atoms with Gasteiger partial charge in [-0.25, -0.2) is 4.79 Å². The first kappa shape index (κ1) is 21.7. The summed E-state index contributed by atoms with van der Waals surface area (Å²) >= 11 is 4.03. The van der Waals surface area contributed by atoms with E-state index in [1.807, 2.05) is 24.3 Å². The highest BCUT2D eigenvalue weighted by atomic mass is 32.1. The fourth-order valence-electron chi connectivity index (χ4n) is 2.75. The van der Waals surface area contributed by atoms with Crippen LogP contribution in [0.15, 0.2) is 30.5 Å². The van der Waals surface area contributed by atoms with E-state index in [9.17, 15) is 19.5 Å². The van der Waals surface area contributed by atoms with Gasteiger partial charge in [0, 0.05) is 22.9 Å². The van der Waals surface area contributed by atoms with Gasteiger partial charge in [0.05, 0.1) is 12.1 Å². The van der Waals surface area contributed by atoms with Crippen molar-refractivity contribution in [3.8, 4) is 0 Å². The van der Waals surface area contributed by atoms with Crippen LogP contribution in [0, 0.1) is 0 Å². The van der Waals surface area contributed by atoms with Crippen LogP contribution in [-0.2, 0) is 20.8 Å². The zero-order valence-electron chi connectivity index (χ0n) is 15.3. The van der Waals surface area contributed by atoms with Crippen LogP contribution >= 0.6 is 12.6 Å². The molecule has 0 aliphatic rings. The Bertz CT molecular complexity index is 853. The summed E-state index contributed by atoms with van der Waals surface area (Å²) in [5.41, 5.74) is 7.78. The van der Waals surface area contributed by atoms with Crippen LogP contribution in [0.25, 0.3) is 10.9 Å². The van der Waals surface area contributed by atoms with Crippen molar-refractivity contribution < 1.29 is 24.6 Å². The van der Waals surface area contributed by atoms with Crippen LogP contribution < -0.4 is 16.4 Å². The lowest BCUT2D eigenvalue weighted by atomic mass is 10.0. The molecule has 0 bridgehead atoms. The lowest BCUT2D eigenvalue weighted by Gasteiger charge is -2.22. The van der Waals surface area contributed by atoms with Gasteiger partial charge in [0.2, 0.25) is 11.8 Å². The summed E-state index contributed by atoms with van der Waals surface area (Å²) in [5, 5.41) is 24.1. The maximum atomic E-state index is 12.4. The number of H-pyrrole nitrogens is 1. The average molecular weight is 408 g/mol. The van der Waals surface area contributed by atoms with Gasteiger partial charge in [0.25, 0.3) is 0 Å². The highest BCUT2D eigenvalue weighted by Gasteiger charge is 2.29. The number of rotatable bonds is 9. The standard InChI is InChI=1S/C18H24N4O5S/c1-9(23)15(18(26)27)22-17(25)14(8-28)21-16(24)12(19)6-10-7-20-13-5-3-2-4-11(10)13/h2-5,7,9,12,14-15,20,23,28H,6,8,19H2,1H3,(H,21,24)(H,22,25)(H,26,27). The van der Waals surface area contributed by atoms with Gasteiger partial charge < -0.3 is 31.6 Å². The Morgan fingerprint density at radius 1 is 1.21 bits per heavy atom. The number of aliphatic carboxylic acids is 1. The van der Waals surface area contributed by atoms with E-state index in [1.165, 1.54) is 6.92 Å². The number of fused-ring (bicyclic) bond motifs is 1. The van der Waals surface area contributed by atoms with Crippen LogP contribution in [-0.4, -0.2) is 63.0 Å². The molecule has 9 nitrogen and oxygen atoms in total. The molecule has 2 aromatic rings. The number of aromatic amines is 1. The van der Waals surface area contributed by atoms with Crippen LogP contribution in [0.1, 0.15) is 12.5 Å². The lowest BCUT2D eigenvalue weighted by molar-refractivity contribution is -0.145. The van der Waals surface area contributed by atoms with Crippen LogP contribution in [0.5, 0.6) is 0 Å². The molecule has 4 atom stereocenters. The molecule has 0 fully saturated rings. The quantitative estimate of drug-likeness (QED) is 0.275. The molecule has 2 amide bonds. The molecule has 4 unspecified atom stereocenters. The van der Waals surface area contributed by atoms with E-state index in [2.05, 4.69) is 28.2 Å². The number of carboxylic acids is 1. The van der Waals surface area contributed by atoms with Crippen LogP contribution in [0.3, 0.4) is 0 Å². The number of aromatic nitrogens is 1. The molecule has 7 N–H and O–H groups in total. The minimum Gasteiger partial charge on any atom is -0.480 e. The molecule has 0 aliphatic heterocycles. The average Bonchev–Trinajstić information content (AvgIpc) is 3.06. The number of aliphatic hydroxyl groups is 1. The number of carbonyl (C=O) groups excluding carboxylic acids is 2. The predicted octanol–water partition coefficient (Wildman–Crippen LogP) is -0.597. The van der Waals surface area contributed by atoms with Gasteiger partial charge in [-0.2, -0.15) is 12.6 Å². The van der Waals surface area contributed by atoms with Crippen molar-refractivity contribution in [1.29, 1.82) is 0 Å². The lowest BCUT2D eigenvalue weighted by Crippen LogP contribution is -2.57. The second kappa shape index (κ2) is 9.58. The van der Waals surface area contributed by atoms with Crippen LogP contribution in [0.4, 0.5) is 0 Å². The third kappa shape index (κ3) is 5.24. The van der Waals surface area contributed by atoms with Crippen molar-refractivity contribution in [3.05, 3.63) is 36.0 Å². The number of hydrogen-bond donors (Lipinski definition) is 7. The summed E-state index contributed by atoms with van der Waals surface area (Å²) in [6.07, 6.45) is 0.727. The number of benzene rings is 1. The summed E-state index contributed by atoms with van der Waals surface area (Å²) in [7, 11) is 0. The first-order valence-corrected chi connectivity index (χ1v) is 9.31. The summed E-state index contributed by atoms with van der Waals surface area (Å²) in [6, 6.07) is 4.10. The third-order valence-corrected chi connectivity index (χ3v) is 4.68. The number of thiol groups is 1. The SMILES string of the molecule is CC(O)C(NC(=O)C(CS)NC(=O)C(N)Cc1c[nH]c2ccccc12)C(=O)O. The van der Waals surface area contributed by atoms with Crippen molar-refractivity contribution in [2.24, 2.45) is 5.73 Å². The molecular formula is C18H24N4O5S. The largest absolute Gasteiger partial charge is 0.480 e. The van der Waals surface area contributed by atoms with E-state index in [1.54, 1.807) is 6.20 Å². The second-order valence-electron chi connectivity index (χ2n) is 6.48. The maximum absolute atomic E-state index is 12.4. The predicted molar refractivity (Wildman–Crippen MR) is 107 cm³/mol. The molecule has 152 valence electrons. The second-order valence-corrected chi connectivity index (χ2v) is 6.84. The van der Waals surface area contributed by atoms with Crippen molar-refractivity contribution in [3.63, 3.8) is 0 Å². The molecular weight excluding hydrogens is 384 g/mol. The van der Waals surface area contributed by atoms with E-state index in [0.29, 0.717) is 0 Å². The number of hydrogen-bond acceptors (Lipinski definition) is 6. The zero-order chi connectivity index (χ0) is 20.8. The van der Waals surface area contributed by atoms with Gasteiger partial charge in [0.15, 0.2) is 6.04 Å². The monoisotopic (exact) mass is 408 g/mol. The smallest absolute Gasteiger partial charge is 0.328 e. The molecule has 10 heteroatoms. The van der Waals surface area contributed by atoms with Gasteiger partial charge in [0.1, 0.15) is 6.04 Å². The molecule has 0 aliphatic carbocycles. The minimum atomic E-state index is -1.49. The molecule has 1 aromatic carbocycles. The Kier molecular flexibility index (Phi) is 7.44. The fraction of sp³-hybridized carbons (Fsp3) is 0.389. The number of para-hydroxylation sites is 1. The molecule has 0 saturated carbocycles. The molecule has 0 spiro atoms. The number of carboxylic acid groups (broad SMARTS) is 1. The summed E-state index contributed by atoms with van der Waals surface area (Å²) in [5.74, 6) is -2.79. The molecule has 0 radical (unpaired) electrons. The normalized spacial score (nSPS) is 15.4. The summed E-state index contributed by atoms with van der Waals surface area (Å²) < 4.78 is 0. The Labute approximate surface area is 167 Å². The number of nitrogens with two attached hydrogens (primary N) is 1. The first-order valence-electron chi connectivity index (χ1n) is 8.67. The zero-order valence-corrected chi connectivity index (χ0v) is 16.1. The number of amides is 2. The number of carbonyl (C=O) groups is 3. The van der Waals surface area contributed by atoms with E-state index in [4.69, 9.17) is 10.8 Å². The third-order valence-electron chi connectivity index (χ3n) is 4.31. The van der Waals surface area contributed by atoms with Crippen molar-refractivity contribution in [2.45, 2.75) is 37.6 Å². The highest BCUT2D eigenvalue weighted by Crippen LogP contribution is 2.18. The molecule has 2 rings (SSSR count). The van der Waals surface area contributed by atoms with Gasteiger partial charge in [-0.05, 0) is 25.0 Å². The minimum absolute atomic E-state index is 0.0659. The molecule has 28 heavy (non-hydrogen) atoms. The van der Waals surface area contributed by atoms with E-state index < -0.39 is 42.0 Å². The molecule has 1 heterocycles. The Morgan fingerprint density at radius 2 is 1.89 bits per heavy atom. The Balaban J connectivity index is 2.00. The van der Waals surface area contributed by atoms with Gasteiger partial charge in [-0.3, -0.25) is 9.59 Å². The highest BCUT2D eigenvalue weighted by molar-refractivity contribution is 7.80. The first-order chi connectivity index (χ1) is 13.2. The summed E-state index contributed by atoms with van der Waals surface area (Å²) in [4.78, 5) is 38.9. The Morgan fingerprint density at radius 3 is 2.50 bits per heavy atom. The van der Waals surface area contributed by atoms with Gasteiger partial charge >= 0.3 is 5.97 Å². The van der Waals surface area contributed by atoms with Gasteiger partial charge in [-0.1, -0.05) is 18.2 Å². The van der Waals surface area contributed by atoms with Crippen molar-refractivity contribution >= 4 is 41.3 Å². The van der Waals surface area contributed by atoms with E-state index in [0.717, 1.165) is 16.5 Å². The summed E-state index contributed by atoms with van der Waals surface area (Å²) in [6.45, 7) is 1.24. The number of aliphatic hydroxyl groups excluding tert-OH is 1. The molecule has 1 aromatic heterocycles. The fourth-order valence-corrected chi connectivity index (χ4v) is 3.00. The van der Waals surface area contributed by atoms with E-state index >= 15 is 0 Å². The van der Waals surface area contributed by atoms with Crippen LogP contribution in [0.2, 0.25) is 0 Å². The van der Waals surface area contributed by atoms with E-state index in [-0.39, 0.29) is 12.2 Å². The molecule has 0 saturated heterocycles. The Hall–Kier alpha value is -2.56.